The van der Waals surface area contributed by atoms with E-state index in [2.05, 4.69) is 15.5 Å². The zero-order valence-electron chi connectivity index (χ0n) is 23.4. The Kier molecular flexibility index (Phi) is 11.4. The van der Waals surface area contributed by atoms with Gasteiger partial charge in [-0.1, -0.05) is 54.1 Å². The highest BCUT2D eigenvalue weighted by molar-refractivity contribution is 6.33. The van der Waals surface area contributed by atoms with Crippen LogP contribution in [0.25, 0.3) is 11.1 Å². The summed E-state index contributed by atoms with van der Waals surface area (Å²) in [6.45, 7) is 6.69. The molecular weight excluding hydrogens is 528 g/mol. The standard InChI is InChI=1S/C31H41ClN4O4/c1-23(24-11-13-25(14-12-24)26-8-2-3-9-27(26)32)34-31(39)28-10-6-19-36(28)30(38)22-33-29(37)15-21-40-20-7-18-35-16-4-5-17-35/h2-3,8-9,11-14,23,28H,4-7,10,15-22H2,1H3,(H,33,37)(H,34,39)/t23-,28-/m0/s1. The molecule has 2 fully saturated rings. The zero-order valence-corrected chi connectivity index (χ0v) is 24.1. The average Bonchev–Trinajstić information content (AvgIpc) is 3.67. The Balaban J connectivity index is 1.17. The first-order valence-corrected chi connectivity index (χ1v) is 14.8. The van der Waals surface area contributed by atoms with Gasteiger partial charge in [0.15, 0.2) is 0 Å². The van der Waals surface area contributed by atoms with Crippen molar-refractivity contribution in [1.82, 2.24) is 20.4 Å². The molecule has 2 aromatic rings. The van der Waals surface area contributed by atoms with Gasteiger partial charge in [0.05, 0.1) is 19.2 Å². The van der Waals surface area contributed by atoms with E-state index < -0.39 is 6.04 Å². The fourth-order valence-corrected chi connectivity index (χ4v) is 5.65. The molecule has 0 bridgehead atoms. The summed E-state index contributed by atoms with van der Waals surface area (Å²) in [5.41, 5.74) is 2.93. The van der Waals surface area contributed by atoms with E-state index in [1.165, 1.54) is 25.9 Å². The minimum absolute atomic E-state index is 0.114. The van der Waals surface area contributed by atoms with E-state index in [1.54, 1.807) is 4.90 Å². The Labute approximate surface area is 242 Å². The molecule has 2 heterocycles. The van der Waals surface area contributed by atoms with Crippen LogP contribution in [0.5, 0.6) is 0 Å². The van der Waals surface area contributed by atoms with Crippen LogP contribution in [-0.4, -0.2) is 79.5 Å². The first-order valence-electron chi connectivity index (χ1n) is 14.4. The molecule has 8 nitrogen and oxygen atoms in total. The molecule has 2 atom stereocenters. The van der Waals surface area contributed by atoms with Crippen LogP contribution < -0.4 is 10.6 Å². The predicted octanol–water partition coefficient (Wildman–Crippen LogP) is 4.18. The second-order valence-corrected chi connectivity index (χ2v) is 11.0. The Morgan fingerprint density at radius 1 is 1.00 bits per heavy atom. The van der Waals surface area contributed by atoms with E-state index in [-0.39, 0.29) is 36.7 Å². The molecule has 4 rings (SSSR count). The highest BCUT2D eigenvalue weighted by Gasteiger charge is 2.34. The van der Waals surface area contributed by atoms with Crippen molar-refractivity contribution in [3.05, 3.63) is 59.1 Å². The van der Waals surface area contributed by atoms with Crippen LogP contribution in [0.4, 0.5) is 0 Å². The Morgan fingerprint density at radius 2 is 1.75 bits per heavy atom. The van der Waals surface area contributed by atoms with E-state index in [0.29, 0.717) is 31.2 Å². The molecule has 216 valence electrons. The van der Waals surface area contributed by atoms with Crippen LogP contribution in [0, 0.1) is 0 Å². The summed E-state index contributed by atoms with van der Waals surface area (Å²) in [5.74, 6) is -0.640. The number of ether oxygens (including phenoxy) is 1. The lowest BCUT2D eigenvalue weighted by Crippen LogP contribution is -2.49. The average molecular weight is 569 g/mol. The topological polar surface area (TPSA) is 91.0 Å². The van der Waals surface area contributed by atoms with Crippen molar-refractivity contribution in [1.29, 1.82) is 0 Å². The third-order valence-corrected chi connectivity index (χ3v) is 8.03. The number of nitrogens with one attached hydrogen (secondary N) is 2. The number of hydrogen-bond acceptors (Lipinski definition) is 5. The second-order valence-electron chi connectivity index (χ2n) is 10.6. The predicted molar refractivity (Wildman–Crippen MR) is 157 cm³/mol. The van der Waals surface area contributed by atoms with Crippen LogP contribution in [0.1, 0.15) is 57.1 Å². The first kappa shape index (κ1) is 30.0. The molecule has 2 saturated heterocycles. The van der Waals surface area contributed by atoms with E-state index in [1.807, 2.05) is 55.5 Å². The van der Waals surface area contributed by atoms with Crippen molar-refractivity contribution in [2.45, 2.75) is 57.5 Å². The first-order chi connectivity index (χ1) is 19.4. The maximum absolute atomic E-state index is 13.1. The maximum Gasteiger partial charge on any atom is 0.243 e. The summed E-state index contributed by atoms with van der Waals surface area (Å²) < 4.78 is 5.59. The van der Waals surface area contributed by atoms with Gasteiger partial charge in [0.1, 0.15) is 6.04 Å². The summed E-state index contributed by atoms with van der Waals surface area (Å²) in [7, 11) is 0. The molecule has 2 N–H and O–H groups in total. The number of amides is 3. The number of likely N-dealkylation sites (tertiary alicyclic amines) is 2. The summed E-state index contributed by atoms with van der Waals surface area (Å²) in [5, 5.41) is 6.43. The van der Waals surface area contributed by atoms with Crippen molar-refractivity contribution in [2.24, 2.45) is 0 Å². The summed E-state index contributed by atoms with van der Waals surface area (Å²) >= 11 is 6.32. The van der Waals surface area contributed by atoms with Crippen molar-refractivity contribution >= 4 is 29.3 Å². The normalized spacial score (nSPS) is 18.1. The number of hydrogen-bond donors (Lipinski definition) is 2. The lowest BCUT2D eigenvalue weighted by Gasteiger charge is -2.26. The van der Waals surface area contributed by atoms with Crippen LogP contribution in [0.3, 0.4) is 0 Å². The van der Waals surface area contributed by atoms with Gasteiger partial charge in [0.2, 0.25) is 17.7 Å². The van der Waals surface area contributed by atoms with Gasteiger partial charge in [-0.2, -0.15) is 0 Å². The fraction of sp³-hybridized carbons (Fsp3) is 0.516. The molecule has 0 unspecified atom stereocenters. The van der Waals surface area contributed by atoms with Crippen molar-refractivity contribution in [2.75, 3.05) is 45.9 Å². The second kappa shape index (κ2) is 15.2. The highest BCUT2D eigenvalue weighted by Crippen LogP contribution is 2.28. The summed E-state index contributed by atoms with van der Waals surface area (Å²) in [6, 6.07) is 14.9. The van der Waals surface area contributed by atoms with Gasteiger partial charge in [-0.05, 0) is 69.3 Å². The molecule has 2 aliphatic heterocycles. The smallest absolute Gasteiger partial charge is 0.243 e. The third kappa shape index (κ3) is 8.53. The quantitative estimate of drug-likeness (QED) is 0.354. The van der Waals surface area contributed by atoms with Crippen LogP contribution >= 0.6 is 11.6 Å². The molecular formula is C31H41ClN4O4. The molecule has 0 radical (unpaired) electrons. The van der Waals surface area contributed by atoms with Crippen LogP contribution in [-0.2, 0) is 19.1 Å². The molecule has 0 spiro atoms. The van der Waals surface area contributed by atoms with Crippen LogP contribution in [0.15, 0.2) is 48.5 Å². The molecule has 0 saturated carbocycles. The van der Waals surface area contributed by atoms with Gasteiger partial charge in [0, 0.05) is 36.7 Å². The number of rotatable bonds is 13. The lowest BCUT2D eigenvalue weighted by atomic mass is 10.0. The Morgan fingerprint density at radius 3 is 2.50 bits per heavy atom. The molecule has 2 aliphatic rings. The molecule has 9 heteroatoms. The van der Waals surface area contributed by atoms with Gasteiger partial charge in [-0.3, -0.25) is 14.4 Å². The fourth-order valence-electron chi connectivity index (χ4n) is 5.40. The van der Waals surface area contributed by atoms with E-state index in [0.717, 1.165) is 36.1 Å². The van der Waals surface area contributed by atoms with E-state index >= 15 is 0 Å². The van der Waals surface area contributed by atoms with E-state index in [4.69, 9.17) is 16.3 Å². The number of halogens is 1. The van der Waals surface area contributed by atoms with Gasteiger partial charge in [-0.25, -0.2) is 0 Å². The molecule has 2 aromatic carbocycles. The number of carbonyl (C=O) groups excluding carboxylic acids is 3. The SMILES string of the molecule is C[C@H](NC(=O)[C@@H]1CCCN1C(=O)CNC(=O)CCOCCCN1CCCC1)c1ccc(-c2ccccc2Cl)cc1. The highest BCUT2D eigenvalue weighted by atomic mass is 35.5. The molecule has 40 heavy (non-hydrogen) atoms. The van der Waals surface area contributed by atoms with Crippen molar-refractivity contribution in [3.8, 4) is 11.1 Å². The Hall–Kier alpha value is -2.94. The largest absolute Gasteiger partial charge is 0.381 e. The third-order valence-electron chi connectivity index (χ3n) is 7.70. The van der Waals surface area contributed by atoms with E-state index in [9.17, 15) is 14.4 Å². The minimum atomic E-state index is -0.534. The zero-order chi connectivity index (χ0) is 28.3. The monoisotopic (exact) mass is 568 g/mol. The van der Waals surface area contributed by atoms with Crippen molar-refractivity contribution < 1.29 is 19.1 Å². The molecule has 0 aliphatic carbocycles. The summed E-state index contributed by atoms with van der Waals surface area (Å²) in [6.07, 6.45) is 5.10. The lowest BCUT2D eigenvalue weighted by molar-refractivity contribution is -0.139. The van der Waals surface area contributed by atoms with Crippen molar-refractivity contribution in [3.63, 3.8) is 0 Å². The summed E-state index contributed by atoms with van der Waals surface area (Å²) in [4.78, 5) is 42.2. The Bertz CT molecular complexity index is 1140. The maximum atomic E-state index is 13.1. The minimum Gasteiger partial charge on any atom is -0.381 e. The molecule has 0 aromatic heterocycles. The van der Waals surface area contributed by atoms with Gasteiger partial charge in [0.25, 0.3) is 0 Å². The number of benzene rings is 2. The van der Waals surface area contributed by atoms with Crippen LogP contribution in [0.2, 0.25) is 5.02 Å². The van der Waals surface area contributed by atoms with Gasteiger partial charge >= 0.3 is 0 Å². The van der Waals surface area contributed by atoms with Gasteiger partial charge in [-0.15, -0.1) is 0 Å². The number of nitrogens with zero attached hydrogens (tertiary/aromatic N) is 2. The molecule has 3 amide bonds. The van der Waals surface area contributed by atoms with Gasteiger partial charge < -0.3 is 25.2 Å². The number of carbonyl (C=O) groups is 3.